The lowest BCUT2D eigenvalue weighted by molar-refractivity contribution is 0.191. The Morgan fingerprint density at radius 1 is 0.654 bits per heavy atom. The molecule has 0 aliphatic rings. The summed E-state index contributed by atoms with van der Waals surface area (Å²) < 4.78 is 10.6. The van der Waals surface area contributed by atoms with Crippen molar-refractivity contribution in [3.05, 3.63) is 90.5 Å². The first-order chi connectivity index (χ1) is 12.6. The zero-order valence-electron chi connectivity index (χ0n) is 14.2. The van der Waals surface area contributed by atoms with Crippen LogP contribution in [0.5, 0.6) is 11.5 Å². The van der Waals surface area contributed by atoms with E-state index in [-0.39, 0.29) is 0 Å². The first-order valence-electron chi connectivity index (χ1n) is 8.04. The fourth-order valence-electron chi connectivity index (χ4n) is 2.25. The van der Waals surface area contributed by atoms with Crippen molar-refractivity contribution in [2.24, 2.45) is 0 Å². The quantitative estimate of drug-likeness (QED) is 0.653. The Bertz CT molecular complexity index is 823. The van der Waals surface area contributed by atoms with Crippen molar-refractivity contribution in [2.75, 3.05) is 4.90 Å². The van der Waals surface area contributed by atoms with E-state index in [1.54, 1.807) is 84.9 Å². The Labute approximate surface area is 151 Å². The number of anilines is 1. The van der Waals surface area contributed by atoms with Gasteiger partial charge in [0.1, 0.15) is 11.5 Å². The number of hydrogen-bond donors (Lipinski definition) is 0. The summed E-state index contributed by atoms with van der Waals surface area (Å²) in [6, 6.07) is 24.0. The molecule has 0 heterocycles. The van der Waals surface area contributed by atoms with Gasteiger partial charge in [-0.05, 0) is 43.3 Å². The molecule has 5 heteroatoms. The van der Waals surface area contributed by atoms with Gasteiger partial charge in [-0.3, -0.25) is 0 Å². The van der Waals surface area contributed by atoms with Crippen LogP contribution in [-0.2, 0) is 0 Å². The molecule has 0 unspecified atom stereocenters. The van der Waals surface area contributed by atoms with Crippen LogP contribution in [0.3, 0.4) is 0 Å². The van der Waals surface area contributed by atoms with Gasteiger partial charge in [0.05, 0.1) is 5.69 Å². The Hall–Kier alpha value is -3.60. The van der Waals surface area contributed by atoms with Crippen molar-refractivity contribution in [1.29, 1.82) is 0 Å². The summed E-state index contributed by atoms with van der Waals surface area (Å²) in [6.45, 7) is 1.92. The van der Waals surface area contributed by atoms with Crippen LogP contribution in [-0.4, -0.2) is 12.2 Å². The van der Waals surface area contributed by atoms with Crippen molar-refractivity contribution < 1.29 is 19.1 Å². The van der Waals surface area contributed by atoms with Gasteiger partial charge in [-0.1, -0.05) is 54.1 Å². The van der Waals surface area contributed by atoms with Gasteiger partial charge < -0.3 is 9.47 Å². The van der Waals surface area contributed by atoms with Crippen LogP contribution in [0, 0.1) is 6.92 Å². The number of amides is 2. The molecular formula is C21H17NO4. The third-order valence-electron chi connectivity index (χ3n) is 3.55. The Morgan fingerprint density at radius 2 is 1.08 bits per heavy atom. The predicted octanol–water partition coefficient (Wildman–Crippen LogP) is 5.20. The summed E-state index contributed by atoms with van der Waals surface area (Å²) >= 11 is 0. The first-order valence-corrected chi connectivity index (χ1v) is 8.04. The monoisotopic (exact) mass is 347 g/mol. The number of carbonyl (C=O) groups excluding carboxylic acids is 2. The van der Waals surface area contributed by atoms with Crippen LogP contribution in [0.4, 0.5) is 15.3 Å². The minimum Gasteiger partial charge on any atom is -0.410 e. The molecule has 3 aromatic carbocycles. The topological polar surface area (TPSA) is 55.8 Å². The van der Waals surface area contributed by atoms with Crippen LogP contribution in [0.25, 0.3) is 0 Å². The van der Waals surface area contributed by atoms with Gasteiger partial charge in [-0.15, -0.1) is 0 Å². The summed E-state index contributed by atoms with van der Waals surface area (Å²) in [7, 11) is 0. The average molecular weight is 347 g/mol. The van der Waals surface area contributed by atoms with Gasteiger partial charge in [0.2, 0.25) is 0 Å². The highest BCUT2D eigenvalue weighted by molar-refractivity contribution is 6.10. The molecule has 0 saturated heterocycles. The SMILES string of the molecule is Cc1ccc(N(C(=O)Oc2ccccc2)C(=O)Oc2ccccc2)cc1. The summed E-state index contributed by atoms with van der Waals surface area (Å²) in [5, 5.41) is 0. The van der Waals surface area contributed by atoms with E-state index in [9.17, 15) is 9.59 Å². The van der Waals surface area contributed by atoms with E-state index in [1.807, 2.05) is 6.92 Å². The Morgan fingerprint density at radius 3 is 1.50 bits per heavy atom. The Balaban J connectivity index is 1.87. The maximum absolute atomic E-state index is 12.6. The number of ether oxygens (including phenoxy) is 2. The number of hydrogen-bond acceptors (Lipinski definition) is 4. The average Bonchev–Trinajstić information content (AvgIpc) is 2.65. The maximum atomic E-state index is 12.6. The fraction of sp³-hybridized carbons (Fsp3) is 0.0476. The number of para-hydroxylation sites is 2. The van der Waals surface area contributed by atoms with Gasteiger partial charge in [0, 0.05) is 0 Å². The zero-order chi connectivity index (χ0) is 18.4. The lowest BCUT2D eigenvalue weighted by Gasteiger charge is -2.20. The molecule has 0 aliphatic carbocycles. The normalized spacial score (nSPS) is 10.0. The second-order valence-electron chi connectivity index (χ2n) is 5.53. The van der Waals surface area contributed by atoms with E-state index in [1.165, 1.54) is 0 Å². The van der Waals surface area contributed by atoms with Crippen molar-refractivity contribution in [3.8, 4) is 11.5 Å². The van der Waals surface area contributed by atoms with Crippen molar-refractivity contribution >= 4 is 17.9 Å². The molecule has 0 aliphatic heterocycles. The van der Waals surface area contributed by atoms with Crippen LogP contribution < -0.4 is 14.4 Å². The minimum absolute atomic E-state index is 0.335. The van der Waals surface area contributed by atoms with E-state index in [0.717, 1.165) is 10.5 Å². The molecule has 0 aromatic heterocycles. The Kier molecular flexibility index (Phi) is 5.29. The van der Waals surface area contributed by atoms with E-state index in [2.05, 4.69) is 0 Å². The van der Waals surface area contributed by atoms with Gasteiger partial charge in [-0.25, -0.2) is 9.59 Å². The van der Waals surface area contributed by atoms with Crippen molar-refractivity contribution in [2.45, 2.75) is 6.92 Å². The highest BCUT2D eigenvalue weighted by atomic mass is 16.6. The third kappa shape index (κ3) is 4.27. The van der Waals surface area contributed by atoms with Crippen LogP contribution >= 0.6 is 0 Å². The number of rotatable bonds is 3. The van der Waals surface area contributed by atoms with Crippen LogP contribution in [0.1, 0.15) is 5.56 Å². The second-order valence-corrected chi connectivity index (χ2v) is 5.53. The van der Waals surface area contributed by atoms with Crippen LogP contribution in [0.15, 0.2) is 84.9 Å². The van der Waals surface area contributed by atoms with Crippen molar-refractivity contribution in [1.82, 2.24) is 0 Å². The molecule has 2 amide bonds. The summed E-state index contributed by atoms with van der Waals surface area (Å²) in [5.41, 5.74) is 1.36. The van der Waals surface area contributed by atoms with Gasteiger partial charge in [0.15, 0.2) is 0 Å². The fourth-order valence-corrected chi connectivity index (χ4v) is 2.25. The molecule has 26 heavy (non-hydrogen) atoms. The number of carbonyl (C=O) groups is 2. The molecule has 0 radical (unpaired) electrons. The maximum Gasteiger partial charge on any atom is 0.429 e. The molecule has 0 saturated carbocycles. The zero-order valence-corrected chi connectivity index (χ0v) is 14.2. The van der Waals surface area contributed by atoms with Crippen LogP contribution in [0.2, 0.25) is 0 Å². The second kappa shape index (κ2) is 7.98. The molecule has 0 atom stereocenters. The number of benzene rings is 3. The van der Waals surface area contributed by atoms with Gasteiger partial charge in [0.25, 0.3) is 0 Å². The smallest absolute Gasteiger partial charge is 0.410 e. The van der Waals surface area contributed by atoms with E-state index in [0.29, 0.717) is 17.2 Å². The highest BCUT2D eigenvalue weighted by Gasteiger charge is 2.27. The molecule has 3 aromatic rings. The number of imide groups is 1. The number of aryl methyl sites for hydroxylation is 1. The molecule has 3 rings (SSSR count). The molecule has 0 N–H and O–H groups in total. The third-order valence-corrected chi connectivity index (χ3v) is 3.55. The lowest BCUT2D eigenvalue weighted by Crippen LogP contribution is -2.41. The molecule has 5 nitrogen and oxygen atoms in total. The predicted molar refractivity (Wildman–Crippen MR) is 98.6 cm³/mol. The highest BCUT2D eigenvalue weighted by Crippen LogP contribution is 2.20. The van der Waals surface area contributed by atoms with Gasteiger partial charge >= 0.3 is 12.2 Å². The molecule has 0 fully saturated rings. The largest absolute Gasteiger partial charge is 0.429 e. The molecule has 0 bridgehead atoms. The summed E-state index contributed by atoms with van der Waals surface area (Å²) in [4.78, 5) is 26.1. The van der Waals surface area contributed by atoms with E-state index < -0.39 is 12.2 Å². The lowest BCUT2D eigenvalue weighted by atomic mass is 10.2. The van der Waals surface area contributed by atoms with Crippen molar-refractivity contribution in [3.63, 3.8) is 0 Å². The number of nitrogens with zero attached hydrogens (tertiary/aromatic N) is 1. The molecular weight excluding hydrogens is 330 g/mol. The summed E-state index contributed by atoms with van der Waals surface area (Å²) in [6.07, 6.45) is -1.69. The first kappa shape index (κ1) is 17.2. The summed E-state index contributed by atoms with van der Waals surface area (Å²) in [5.74, 6) is 0.671. The molecule has 130 valence electrons. The molecule has 0 spiro atoms. The minimum atomic E-state index is -0.846. The standard InChI is InChI=1S/C21H17NO4/c1-16-12-14-17(15-13-16)22(20(23)25-18-8-4-2-5-9-18)21(24)26-19-10-6-3-7-11-19/h2-15H,1H3. The van der Waals surface area contributed by atoms with E-state index >= 15 is 0 Å². The van der Waals surface area contributed by atoms with Gasteiger partial charge in [-0.2, -0.15) is 4.90 Å². The van der Waals surface area contributed by atoms with E-state index in [4.69, 9.17) is 9.47 Å².